The number of carbonyl (C=O) groups is 1. The van der Waals surface area contributed by atoms with Crippen LogP contribution in [0.5, 0.6) is 0 Å². The first-order valence-corrected chi connectivity index (χ1v) is 6.44. The maximum atomic E-state index is 12.7. The Morgan fingerprint density at radius 1 is 1.53 bits per heavy atom. The van der Waals surface area contributed by atoms with E-state index in [9.17, 15) is 13.6 Å². The molecule has 0 aliphatic rings. The third-order valence-electron chi connectivity index (χ3n) is 2.06. The number of thioether (sulfide) groups is 1. The summed E-state index contributed by atoms with van der Waals surface area (Å²) in [5.74, 6) is -0.603. The lowest BCUT2D eigenvalue weighted by molar-refractivity contribution is 0.0526. The summed E-state index contributed by atoms with van der Waals surface area (Å²) in [5.41, 5.74) is -0.0576. The molecule has 0 spiro atoms. The van der Waals surface area contributed by atoms with Gasteiger partial charge in [0.2, 0.25) is 0 Å². The average molecular weight is 281 g/mol. The molecule has 0 bridgehead atoms. The van der Waals surface area contributed by atoms with Crippen molar-refractivity contribution in [1.29, 1.82) is 0 Å². The Hall–Kier alpha value is -0.810. The van der Waals surface area contributed by atoms with E-state index in [1.54, 1.807) is 13.2 Å². The van der Waals surface area contributed by atoms with E-state index in [1.807, 2.05) is 0 Å². The minimum Gasteiger partial charge on any atom is -0.462 e. The van der Waals surface area contributed by atoms with Gasteiger partial charge in [-0.15, -0.1) is 11.8 Å². The minimum atomic E-state index is -2.62. The number of halogens is 3. The zero-order valence-corrected chi connectivity index (χ0v) is 10.9. The highest BCUT2D eigenvalue weighted by Gasteiger charge is 2.21. The lowest BCUT2D eigenvalue weighted by atomic mass is 10.1. The molecule has 0 saturated heterocycles. The fraction of sp³-hybridized carbons (Fsp3) is 0.364. The third-order valence-corrected chi connectivity index (χ3v) is 3.41. The van der Waals surface area contributed by atoms with Gasteiger partial charge in [-0.25, -0.2) is 13.6 Å². The Kier molecular flexibility index (Phi) is 5.21. The molecule has 1 rings (SSSR count). The topological polar surface area (TPSA) is 26.3 Å². The van der Waals surface area contributed by atoms with E-state index in [0.29, 0.717) is 0 Å². The summed E-state index contributed by atoms with van der Waals surface area (Å²) >= 11 is 7.01. The number of hydrogen-bond acceptors (Lipinski definition) is 3. The van der Waals surface area contributed by atoms with Crippen LogP contribution < -0.4 is 0 Å². The van der Waals surface area contributed by atoms with Gasteiger partial charge >= 0.3 is 5.97 Å². The van der Waals surface area contributed by atoms with Crippen LogP contribution in [0.3, 0.4) is 0 Å². The molecule has 1 aromatic carbocycles. The van der Waals surface area contributed by atoms with Gasteiger partial charge in [0.25, 0.3) is 6.43 Å². The van der Waals surface area contributed by atoms with Crippen molar-refractivity contribution in [2.45, 2.75) is 18.2 Å². The van der Waals surface area contributed by atoms with Crippen molar-refractivity contribution in [3.05, 3.63) is 28.3 Å². The fourth-order valence-corrected chi connectivity index (χ4v) is 2.48. The van der Waals surface area contributed by atoms with Crippen LogP contribution >= 0.6 is 23.4 Å². The number of alkyl halides is 2. The maximum Gasteiger partial charge on any atom is 0.339 e. The predicted octanol–water partition coefficient (Wildman–Crippen LogP) is 4.18. The molecule has 0 fully saturated rings. The molecule has 0 amide bonds. The highest BCUT2D eigenvalue weighted by atomic mass is 35.5. The largest absolute Gasteiger partial charge is 0.462 e. The van der Waals surface area contributed by atoms with Gasteiger partial charge < -0.3 is 4.74 Å². The van der Waals surface area contributed by atoms with E-state index >= 15 is 0 Å². The van der Waals surface area contributed by atoms with Crippen molar-refractivity contribution in [3.63, 3.8) is 0 Å². The molecule has 0 aliphatic heterocycles. The van der Waals surface area contributed by atoms with Gasteiger partial charge in [-0.2, -0.15) is 0 Å². The zero-order valence-electron chi connectivity index (χ0n) is 9.30. The van der Waals surface area contributed by atoms with E-state index < -0.39 is 12.4 Å². The maximum absolute atomic E-state index is 12.7. The SMILES string of the molecule is CCOC(=O)c1ccc(C(F)F)c(SC)c1Cl. The van der Waals surface area contributed by atoms with E-state index in [0.717, 1.165) is 11.8 Å². The molecule has 0 aliphatic carbocycles. The zero-order chi connectivity index (χ0) is 13.0. The van der Waals surface area contributed by atoms with Gasteiger partial charge in [-0.1, -0.05) is 17.7 Å². The number of benzene rings is 1. The van der Waals surface area contributed by atoms with E-state index in [2.05, 4.69) is 0 Å². The van der Waals surface area contributed by atoms with Crippen LogP contribution in [0.1, 0.15) is 29.3 Å². The second-order valence-electron chi connectivity index (χ2n) is 3.07. The Bertz CT molecular complexity index is 424. The summed E-state index contributed by atoms with van der Waals surface area (Å²) in [4.78, 5) is 11.7. The number of ether oxygens (including phenoxy) is 1. The summed E-state index contributed by atoms with van der Waals surface area (Å²) < 4.78 is 30.2. The second kappa shape index (κ2) is 6.21. The van der Waals surface area contributed by atoms with E-state index in [1.165, 1.54) is 12.1 Å². The Balaban J connectivity index is 3.24. The van der Waals surface area contributed by atoms with Crippen LogP contribution in [0.15, 0.2) is 17.0 Å². The van der Waals surface area contributed by atoms with Crippen molar-refractivity contribution in [1.82, 2.24) is 0 Å². The van der Waals surface area contributed by atoms with Gasteiger partial charge in [0.15, 0.2) is 0 Å². The van der Waals surface area contributed by atoms with E-state index in [-0.39, 0.29) is 27.7 Å². The van der Waals surface area contributed by atoms with E-state index in [4.69, 9.17) is 16.3 Å². The van der Waals surface area contributed by atoms with Gasteiger partial charge in [-0.05, 0) is 19.2 Å². The fourth-order valence-electron chi connectivity index (χ4n) is 1.32. The molecule has 0 radical (unpaired) electrons. The number of esters is 1. The normalized spacial score (nSPS) is 10.7. The molecule has 1 aromatic rings. The van der Waals surface area contributed by atoms with Gasteiger partial charge in [-0.3, -0.25) is 0 Å². The minimum absolute atomic E-state index is 0.0220. The van der Waals surface area contributed by atoms with Gasteiger partial charge in [0.1, 0.15) is 0 Å². The molecule has 0 heterocycles. The standard InChI is InChI=1S/C11H11ClF2O2S/c1-3-16-11(15)6-4-5-7(10(13)14)9(17-2)8(6)12/h4-5,10H,3H2,1-2H3. The highest BCUT2D eigenvalue weighted by Crippen LogP contribution is 2.37. The van der Waals surface area contributed by atoms with Crippen LogP contribution in [-0.4, -0.2) is 18.8 Å². The van der Waals surface area contributed by atoms with Crippen molar-refractivity contribution in [2.24, 2.45) is 0 Å². The molecule has 94 valence electrons. The molecular formula is C11H11ClF2O2S. The Morgan fingerprint density at radius 2 is 2.18 bits per heavy atom. The molecule has 0 aromatic heterocycles. The molecule has 0 unspecified atom stereocenters. The number of rotatable bonds is 4. The quantitative estimate of drug-likeness (QED) is 0.611. The van der Waals surface area contributed by atoms with Gasteiger partial charge in [0, 0.05) is 10.5 Å². The first-order chi connectivity index (χ1) is 8.02. The van der Waals surface area contributed by atoms with Crippen molar-refractivity contribution in [2.75, 3.05) is 12.9 Å². The van der Waals surface area contributed by atoms with Crippen LogP contribution in [0.2, 0.25) is 5.02 Å². The lowest BCUT2D eigenvalue weighted by Crippen LogP contribution is -2.06. The summed E-state index contributed by atoms with van der Waals surface area (Å²) in [6.45, 7) is 1.87. The first-order valence-electron chi connectivity index (χ1n) is 4.84. The van der Waals surface area contributed by atoms with Crippen molar-refractivity contribution in [3.8, 4) is 0 Å². The predicted molar refractivity (Wildman–Crippen MR) is 64.1 cm³/mol. The van der Waals surface area contributed by atoms with Crippen LogP contribution in [0.4, 0.5) is 8.78 Å². The third kappa shape index (κ3) is 3.10. The average Bonchev–Trinajstić information content (AvgIpc) is 2.28. The number of carbonyl (C=O) groups excluding carboxylic acids is 1. The summed E-state index contributed by atoms with van der Waals surface area (Å²) in [6.07, 6.45) is -0.992. The van der Waals surface area contributed by atoms with Crippen LogP contribution in [0, 0.1) is 0 Å². The second-order valence-corrected chi connectivity index (χ2v) is 4.27. The Labute approximate surface area is 107 Å². The molecular weight excluding hydrogens is 270 g/mol. The van der Waals surface area contributed by atoms with Crippen molar-refractivity contribution < 1.29 is 18.3 Å². The van der Waals surface area contributed by atoms with Gasteiger partial charge in [0.05, 0.1) is 17.2 Å². The van der Waals surface area contributed by atoms with Crippen LogP contribution in [-0.2, 0) is 4.74 Å². The Morgan fingerprint density at radius 3 is 2.65 bits per heavy atom. The number of hydrogen-bond donors (Lipinski definition) is 0. The molecule has 0 atom stereocenters. The molecule has 0 N–H and O–H groups in total. The molecule has 0 saturated carbocycles. The summed E-state index contributed by atoms with van der Waals surface area (Å²) in [7, 11) is 0. The lowest BCUT2D eigenvalue weighted by Gasteiger charge is -2.11. The van der Waals surface area contributed by atoms with Crippen molar-refractivity contribution >= 4 is 29.3 Å². The van der Waals surface area contributed by atoms with Crippen LogP contribution in [0.25, 0.3) is 0 Å². The molecule has 17 heavy (non-hydrogen) atoms. The first kappa shape index (κ1) is 14.3. The highest BCUT2D eigenvalue weighted by molar-refractivity contribution is 7.98. The molecule has 2 nitrogen and oxygen atoms in total. The summed E-state index contributed by atoms with van der Waals surface area (Å²) in [6, 6.07) is 2.47. The smallest absolute Gasteiger partial charge is 0.339 e. The summed E-state index contributed by atoms with van der Waals surface area (Å²) in [5, 5.41) is 0.0220. The monoisotopic (exact) mass is 280 g/mol. The molecule has 6 heteroatoms.